The summed E-state index contributed by atoms with van der Waals surface area (Å²) in [6.45, 7) is 0.538. The summed E-state index contributed by atoms with van der Waals surface area (Å²) in [5.74, 6) is -43.5. The van der Waals surface area contributed by atoms with E-state index >= 15 is 8.78 Å². The first-order valence-electron chi connectivity index (χ1n) is 16.0. The van der Waals surface area contributed by atoms with Crippen molar-refractivity contribution in [2.24, 2.45) is 5.92 Å². The molecular formula is C33H28F15N3O2. The van der Waals surface area contributed by atoms with Crippen molar-refractivity contribution in [3.63, 3.8) is 0 Å². The highest BCUT2D eigenvalue weighted by atomic mass is 19.4. The highest BCUT2D eigenvalue weighted by Gasteiger charge is 2.91. The van der Waals surface area contributed by atoms with Gasteiger partial charge in [-0.2, -0.15) is 65.9 Å². The molecule has 1 aliphatic carbocycles. The number of benzene rings is 1. The van der Waals surface area contributed by atoms with E-state index in [1.807, 2.05) is 0 Å². The molecule has 1 unspecified atom stereocenters. The Morgan fingerprint density at radius 3 is 1.85 bits per heavy atom. The maximum absolute atomic E-state index is 15.2. The maximum atomic E-state index is 15.2. The maximum Gasteiger partial charge on any atom is 0.460 e. The van der Waals surface area contributed by atoms with E-state index < -0.39 is 71.4 Å². The quantitative estimate of drug-likeness (QED) is 0.107. The molecule has 0 bridgehead atoms. The van der Waals surface area contributed by atoms with Crippen LogP contribution in [0, 0.1) is 5.92 Å². The zero-order valence-electron chi connectivity index (χ0n) is 27.0. The van der Waals surface area contributed by atoms with Gasteiger partial charge in [-0.05, 0) is 42.2 Å². The van der Waals surface area contributed by atoms with E-state index in [0.29, 0.717) is 29.5 Å². The first-order chi connectivity index (χ1) is 24.4. The molecule has 0 amide bonds. The number of pyridine rings is 1. The zero-order chi connectivity index (χ0) is 39.3. The predicted molar refractivity (Wildman–Crippen MR) is 156 cm³/mol. The lowest BCUT2D eigenvalue weighted by atomic mass is 9.90. The summed E-state index contributed by atoms with van der Waals surface area (Å²) in [4.78, 5) is 11.5. The number of hydrogen-bond acceptors (Lipinski definition) is 5. The average molecular weight is 784 g/mol. The van der Waals surface area contributed by atoms with Gasteiger partial charge in [-0.25, -0.2) is 15.0 Å². The van der Waals surface area contributed by atoms with Gasteiger partial charge in [0.1, 0.15) is 17.2 Å². The van der Waals surface area contributed by atoms with Crippen LogP contribution < -0.4 is 9.47 Å². The van der Waals surface area contributed by atoms with Gasteiger partial charge in [0.15, 0.2) is 17.6 Å². The van der Waals surface area contributed by atoms with Gasteiger partial charge < -0.3 is 9.47 Å². The van der Waals surface area contributed by atoms with Gasteiger partial charge >= 0.3 is 41.7 Å². The van der Waals surface area contributed by atoms with Crippen molar-refractivity contribution in [1.29, 1.82) is 0 Å². The number of fused-ring (bicyclic) bond motifs is 1. The molecule has 53 heavy (non-hydrogen) atoms. The summed E-state index contributed by atoms with van der Waals surface area (Å²) >= 11 is 0. The van der Waals surface area contributed by atoms with Gasteiger partial charge in [0.2, 0.25) is 0 Å². The van der Waals surface area contributed by atoms with Crippen molar-refractivity contribution in [3.8, 4) is 34.1 Å². The Balaban J connectivity index is 1.24. The third-order valence-electron chi connectivity index (χ3n) is 8.83. The number of unbranched alkanes of at least 4 members (excludes halogenated alkanes) is 3. The number of ether oxygens (including phenoxy) is 2. The smallest absolute Gasteiger partial charge is 0.460 e. The first kappa shape index (κ1) is 40.2. The monoisotopic (exact) mass is 783 g/mol. The van der Waals surface area contributed by atoms with E-state index in [1.54, 1.807) is 24.3 Å². The van der Waals surface area contributed by atoms with Crippen molar-refractivity contribution >= 4 is 0 Å². The van der Waals surface area contributed by atoms with E-state index in [0.717, 1.165) is 31.2 Å². The van der Waals surface area contributed by atoms with Crippen molar-refractivity contribution in [3.05, 3.63) is 54.5 Å². The lowest BCUT2D eigenvalue weighted by Gasteiger charge is -2.40. The van der Waals surface area contributed by atoms with E-state index in [9.17, 15) is 57.1 Å². The molecule has 5 nitrogen and oxygen atoms in total. The second kappa shape index (κ2) is 14.0. The minimum Gasteiger partial charge on any atom is -0.494 e. The Kier molecular flexibility index (Phi) is 10.6. The Hall–Kier alpha value is -4.00. The largest absolute Gasteiger partial charge is 0.494 e. The summed E-state index contributed by atoms with van der Waals surface area (Å²) in [6, 6.07) is 8.41. The fraction of sp³-hybridized carbons (Fsp3) is 0.545. The third-order valence-corrected chi connectivity index (χ3v) is 8.83. The standard InChI is InChI=1S/C33H28F15N3O2/c34-27(35,29(38,39)30(40,41)31(42,43)32(44,45)33(46,47)48)15-24-28(36,37)25-23(53-24)13-12-22(51-25)26-49-16-20(17-50-26)19-8-10-21(11-9-19)52-14-4-2-1-3-5-18-6-7-18/h8-13,16-18,24H,1-7,14-15H2. The minimum atomic E-state index is -8.16. The summed E-state index contributed by atoms with van der Waals surface area (Å²) in [5.41, 5.74) is -0.907. The zero-order valence-corrected chi connectivity index (χ0v) is 27.0. The molecule has 5 rings (SSSR count). The fourth-order valence-corrected chi connectivity index (χ4v) is 5.46. The predicted octanol–water partition coefficient (Wildman–Crippen LogP) is 10.9. The Morgan fingerprint density at radius 2 is 1.26 bits per heavy atom. The second-order valence-electron chi connectivity index (χ2n) is 12.8. The topological polar surface area (TPSA) is 57.1 Å². The van der Waals surface area contributed by atoms with Crippen LogP contribution in [-0.2, 0) is 5.92 Å². The number of aromatic nitrogens is 3. The van der Waals surface area contributed by atoms with Crippen LogP contribution in [-0.4, -0.2) is 63.5 Å². The van der Waals surface area contributed by atoms with Crippen LogP contribution >= 0.6 is 0 Å². The fourth-order valence-electron chi connectivity index (χ4n) is 5.46. The first-order valence-corrected chi connectivity index (χ1v) is 16.0. The van der Waals surface area contributed by atoms with Crippen LogP contribution in [0.2, 0.25) is 0 Å². The number of nitrogens with zero attached hydrogens (tertiary/aromatic N) is 3. The van der Waals surface area contributed by atoms with Gasteiger partial charge in [-0.3, -0.25) is 0 Å². The van der Waals surface area contributed by atoms with Crippen molar-refractivity contribution in [1.82, 2.24) is 15.0 Å². The summed E-state index contributed by atoms with van der Waals surface area (Å²) in [5, 5.41) is 0. The van der Waals surface area contributed by atoms with Crippen LogP contribution in [0.1, 0.15) is 57.1 Å². The number of rotatable bonds is 16. The molecular weight excluding hydrogens is 755 g/mol. The number of halogens is 15. The molecule has 1 fully saturated rings. The molecule has 3 heterocycles. The van der Waals surface area contributed by atoms with E-state index in [-0.39, 0.29) is 5.82 Å². The molecule has 3 aromatic rings. The molecule has 292 valence electrons. The lowest BCUT2D eigenvalue weighted by molar-refractivity contribution is -0.441. The normalized spacial score (nSPS) is 18.1. The average Bonchev–Trinajstić information content (AvgIpc) is 3.88. The summed E-state index contributed by atoms with van der Waals surface area (Å²) < 4.78 is 216. The highest BCUT2D eigenvalue weighted by Crippen LogP contribution is 2.61. The van der Waals surface area contributed by atoms with E-state index in [1.165, 1.54) is 38.1 Å². The molecule has 0 N–H and O–H groups in total. The Bertz CT molecular complexity index is 1730. The van der Waals surface area contributed by atoms with Crippen LogP contribution in [0.25, 0.3) is 22.6 Å². The molecule has 0 saturated heterocycles. The molecule has 2 aromatic heterocycles. The number of hydrogen-bond donors (Lipinski definition) is 0. The summed E-state index contributed by atoms with van der Waals surface area (Å²) in [7, 11) is 0. The van der Waals surface area contributed by atoms with Gasteiger partial charge in [-0.15, -0.1) is 0 Å². The SMILES string of the molecule is FC1(F)c2nc(-c3ncc(-c4ccc(OCCCCCCC5CC5)cc4)cn3)ccc2OC1CC(F)(F)C(F)(F)C(F)(F)C(F)(F)C(F)(F)C(F)(F)F. The molecule has 1 atom stereocenters. The van der Waals surface area contributed by atoms with Gasteiger partial charge in [0.25, 0.3) is 0 Å². The Morgan fingerprint density at radius 1 is 0.679 bits per heavy atom. The Labute approximate surface area is 290 Å². The lowest BCUT2D eigenvalue weighted by Crippen LogP contribution is -2.70. The van der Waals surface area contributed by atoms with Crippen molar-refractivity contribution in [2.75, 3.05) is 6.61 Å². The van der Waals surface area contributed by atoms with Gasteiger partial charge in [0.05, 0.1) is 13.0 Å². The second-order valence-corrected chi connectivity index (χ2v) is 12.8. The molecule has 1 aliphatic heterocycles. The van der Waals surface area contributed by atoms with E-state index in [4.69, 9.17) is 4.74 Å². The van der Waals surface area contributed by atoms with E-state index in [2.05, 4.69) is 19.7 Å². The molecule has 0 spiro atoms. The molecule has 2 aliphatic rings. The van der Waals surface area contributed by atoms with Crippen LogP contribution in [0.3, 0.4) is 0 Å². The summed E-state index contributed by atoms with van der Waals surface area (Å²) in [6.07, 6.45) is -3.60. The minimum absolute atomic E-state index is 0.322. The highest BCUT2D eigenvalue weighted by molar-refractivity contribution is 5.64. The molecule has 0 radical (unpaired) electrons. The molecule has 20 heteroatoms. The van der Waals surface area contributed by atoms with Gasteiger partial charge in [-0.1, -0.05) is 50.7 Å². The third kappa shape index (κ3) is 7.55. The number of alkyl halides is 15. The van der Waals surface area contributed by atoms with Gasteiger partial charge in [0, 0.05) is 18.0 Å². The van der Waals surface area contributed by atoms with Crippen LogP contribution in [0.4, 0.5) is 65.9 Å². The molecule has 1 saturated carbocycles. The van der Waals surface area contributed by atoms with Crippen molar-refractivity contribution < 1.29 is 75.3 Å². The van der Waals surface area contributed by atoms with Crippen LogP contribution in [0.15, 0.2) is 48.8 Å². The van der Waals surface area contributed by atoms with Crippen LogP contribution in [0.5, 0.6) is 11.5 Å². The molecule has 1 aromatic carbocycles. The van der Waals surface area contributed by atoms with Crippen molar-refractivity contribution in [2.45, 2.75) is 99.2 Å².